The molecule has 2 fully saturated rings. The van der Waals surface area contributed by atoms with Crippen molar-refractivity contribution < 1.29 is 13.2 Å². The molecule has 2 N–H and O–H groups in total. The van der Waals surface area contributed by atoms with Crippen molar-refractivity contribution in [3.8, 4) is 11.4 Å². The molecule has 0 atom stereocenters. The molecule has 2 aliphatic rings. The van der Waals surface area contributed by atoms with Gasteiger partial charge in [-0.2, -0.15) is 0 Å². The second kappa shape index (κ2) is 9.93. The number of hydrogen-bond acceptors (Lipinski definition) is 9. The lowest BCUT2D eigenvalue weighted by atomic mass is 10.1. The van der Waals surface area contributed by atoms with Crippen LogP contribution < -0.4 is 10.2 Å². The van der Waals surface area contributed by atoms with E-state index < -0.39 is 10.0 Å². The fourth-order valence-electron chi connectivity index (χ4n) is 4.93. The normalized spacial score (nSPS) is 17.9. The monoisotopic (exact) mass is 541 g/mol. The molecule has 0 unspecified atom stereocenters. The van der Waals surface area contributed by atoms with Gasteiger partial charge in [0, 0.05) is 87.4 Å². The van der Waals surface area contributed by atoms with E-state index in [9.17, 15) is 8.42 Å². The molecule has 196 valence electrons. The minimum atomic E-state index is -3.64. The van der Waals surface area contributed by atoms with Crippen LogP contribution in [0.1, 0.15) is 4.88 Å². The van der Waals surface area contributed by atoms with Gasteiger partial charge in [0.05, 0.1) is 28.3 Å². The summed E-state index contributed by atoms with van der Waals surface area (Å²) in [5.74, 6) is 1.42. The van der Waals surface area contributed by atoms with E-state index in [2.05, 4.69) is 26.2 Å². The molecule has 0 amide bonds. The molecule has 0 spiro atoms. The van der Waals surface area contributed by atoms with Crippen molar-refractivity contribution in [2.75, 3.05) is 71.5 Å². The van der Waals surface area contributed by atoms with Crippen LogP contribution in [0.5, 0.6) is 0 Å². The Balaban J connectivity index is 1.51. The second-order valence-corrected chi connectivity index (χ2v) is 12.9. The van der Waals surface area contributed by atoms with Gasteiger partial charge in [0.15, 0.2) is 11.6 Å². The predicted molar refractivity (Wildman–Crippen MR) is 147 cm³/mol. The highest BCUT2D eigenvalue weighted by Crippen LogP contribution is 2.37. The van der Waals surface area contributed by atoms with E-state index in [0.717, 1.165) is 72.8 Å². The molecule has 2 saturated heterocycles. The Kier molecular flexibility index (Phi) is 6.63. The Morgan fingerprint density at radius 1 is 1.08 bits per heavy atom. The van der Waals surface area contributed by atoms with Crippen molar-refractivity contribution in [1.29, 1.82) is 0 Å². The van der Waals surface area contributed by atoms with Crippen LogP contribution in [-0.2, 0) is 21.3 Å². The predicted octanol–water partition coefficient (Wildman–Crippen LogP) is 2.33. The highest BCUT2D eigenvalue weighted by Gasteiger charge is 2.24. The molecule has 4 aromatic rings. The molecule has 12 heteroatoms. The Labute approximate surface area is 220 Å². The number of fused-ring (bicyclic) bond motifs is 2. The van der Waals surface area contributed by atoms with Crippen molar-refractivity contribution in [3.63, 3.8) is 0 Å². The average Bonchev–Trinajstić information content (AvgIpc) is 3.55. The molecule has 2 aliphatic heterocycles. The van der Waals surface area contributed by atoms with Crippen LogP contribution in [0, 0.1) is 0 Å². The summed E-state index contributed by atoms with van der Waals surface area (Å²) in [7, 11) is -0.560. The lowest BCUT2D eigenvalue weighted by molar-refractivity contribution is 0.122. The SMILES string of the molecule is CN(C)S(=O)(=O)c1cc(-c2nc(N3CCOCC3)c3sc(CN4CCNCC4)cc3n2)c2cc[nH]c2c1. The summed E-state index contributed by atoms with van der Waals surface area (Å²) in [5, 5.41) is 4.30. The summed E-state index contributed by atoms with van der Waals surface area (Å²) in [6.45, 7) is 7.77. The fraction of sp³-hybridized carbons (Fsp3) is 0.440. The quantitative estimate of drug-likeness (QED) is 0.383. The van der Waals surface area contributed by atoms with Crippen LogP contribution in [0.2, 0.25) is 0 Å². The minimum Gasteiger partial charge on any atom is -0.378 e. The van der Waals surface area contributed by atoms with Crippen molar-refractivity contribution in [2.24, 2.45) is 0 Å². The van der Waals surface area contributed by atoms with Crippen LogP contribution in [-0.4, -0.2) is 99.2 Å². The standard InChI is InChI=1S/C25H31N7O3S2/c1-30(2)37(33,34)18-14-20(19-3-4-27-21(19)15-18)24-28-22-13-17(16-31-7-5-26-6-8-31)36-23(22)25(29-24)32-9-11-35-12-10-32/h3-4,13-15,26-27H,5-12,16H2,1-2H3. The topological polar surface area (TPSA) is 107 Å². The molecule has 37 heavy (non-hydrogen) atoms. The first-order chi connectivity index (χ1) is 17.9. The number of nitrogens with zero attached hydrogens (tertiary/aromatic N) is 5. The molecular formula is C25H31N7O3S2. The number of hydrogen-bond donors (Lipinski definition) is 2. The molecule has 3 aromatic heterocycles. The summed E-state index contributed by atoms with van der Waals surface area (Å²) in [6.07, 6.45) is 1.82. The number of benzene rings is 1. The Bertz CT molecular complexity index is 1530. The first-order valence-corrected chi connectivity index (χ1v) is 14.8. The molecular weight excluding hydrogens is 510 g/mol. The smallest absolute Gasteiger partial charge is 0.242 e. The van der Waals surface area contributed by atoms with E-state index >= 15 is 0 Å². The summed E-state index contributed by atoms with van der Waals surface area (Å²) in [6, 6.07) is 7.49. The molecule has 0 radical (unpaired) electrons. The number of nitrogens with one attached hydrogen (secondary N) is 2. The zero-order valence-electron chi connectivity index (χ0n) is 21.0. The number of aromatic nitrogens is 3. The number of H-pyrrole nitrogens is 1. The van der Waals surface area contributed by atoms with Gasteiger partial charge in [0.2, 0.25) is 10.0 Å². The number of anilines is 1. The third-order valence-corrected chi connectivity index (χ3v) is 9.86. The lowest BCUT2D eigenvalue weighted by Gasteiger charge is -2.28. The fourth-order valence-corrected chi connectivity index (χ4v) is 7.04. The van der Waals surface area contributed by atoms with Crippen molar-refractivity contribution >= 4 is 48.3 Å². The lowest BCUT2D eigenvalue weighted by Crippen LogP contribution is -2.42. The first-order valence-electron chi connectivity index (χ1n) is 12.5. The molecule has 0 bridgehead atoms. The Morgan fingerprint density at radius 2 is 1.86 bits per heavy atom. The van der Waals surface area contributed by atoms with Crippen molar-refractivity contribution in [1.82, 2.24) is 29.5 Å². The number of rotatable bonds is 6. The van der Waals surface area contributed by atoms with Gasteiger partial charge in [-0.3, -0.25) is 4.90 Å². The number of ether oxygens (including phenoxy) is 1. The first kappa shape index (κ1) is 24.7. The maximum Gasteiger partial charge on any atom is 0.242 e. The van der Waals surface area contributed by atoms with Gasteiger partial charge in [0.1, 0.15) is 0 Å². The van der Waals surface area contributed by atoms with E-state index in [-0.39, 0.29) is 4.90 Å². The van der Waals surface area contributed by atoms with Crippen LogP contribution in [0.25, 0.3) is 32.5 Å². The van der Waals surface area contributed by atoms with E-state index in [1.807, 2.05) is 12.3 Å². The number of aromatic amines is 1. The van der Waals surface area contributed by atoms with Crippen LogP contribution in [0.3, 0.4) is 0 Å². The van der Waals surface area contributed by atoms with Gasteiger partial charge in [0.25, 0.3) is 0 Å². The van der Waals surface area contributed by atoms with E-state index in [1.54, 1.807) is 23.5 Å². The van der Waals surface area contributed by atoms with Crippen LogP contribution >= 0.6 is 11.3 Å². The van der Waals surface area contributed by atoms with Crippen LogP contribution in [0.4, 0.5) is 5.82 Å². The van der Waals surface area contributed by atoms with Gasteiger partial charge in [-0.1, -0.05) is 0 Å². The average molecular weight is 542 g/mol. The van der Waals surface area contributed by atoms with Crippen LogP contribution in [0.15, 0.2) is 35.4 Å². The van der Waals surface area contributed by atoms with Crippen molar-refractivity contribution in [3.05, 3.63) is 35.3 Å². The Morgan fingerprint density at radius 3 is 2.62 bits per heavy atom. The summed E-state index contributed by atoms with van der Waals surface area (Å²) >= 11 is 1.75. The maximum absolute atomic E-state index is 13.0. The Hall–Kier alpha value is -2.61. The summed E-state index contributed by atoms with van der Waals surface area (Å²) < 4.78 is 34.0. The number of morpholine rings is 1. The summed E-state index contributed by atoms with van der Waals surface area (Å²) in [5.41, 5.74) is 2.33. The molecule has 6 rings (SSSR count). The second-order valence-electron chi connectivity index (χ2n) is 9.62. The molecule has 0 aliphatic carbocycles. The highest BCUT2D eigenvalue weighted by atomic mass is 32.2. The van der Waals surface area contributed by atoms with E-state index in [0.29, 0.717) is 24.6 Å². The zero-order chi connectivity index (χ0) is 25.6. The summed E-state index contributed by atoms with van der Waals surface area (Å²) in [4.78, 5) is 19.4. The molecule has 0 saturated carbocycles. The van der Waals surface area contributed by atoms with Gasteiger partial charge in [-0.15, -0.1) is 11.3 Å². The van der Waals surface area contributed by atoms with E-state index in [1.165, 1.54) is 23.3 Å². The maximum atomic E-state index is 13.0. The minimum absolute atomic E-state index is 0.212. The molecule has 5 heterocycles. The number of thiophene rings is 1. The van der Waals surface area contributed by atoms with Gasteiger partial charge >= 0.3 is 0 Å². The number of sulfonamides is 1. The third kappa shape index (κ3) is 4.73. The van der Waals surface area contributed by atoms with Crippen molar-refractivity contribution in [2.45, 2.75) is 11.4 Å². The highest BCUT2D eigenvalue weighted by molar-refractivity contribution is 7.89. The van der Waals surface area contributed by atoms with Gasteiger partial charge < -0.3 is 19.9 Å². The largest absolute Gasteiger partial charge is 0.378 e. The van der Waals surface area contributed by atoms with Gasteiger partial charge in [-0.25, -0.2) is 22.7 Å². The third-order valence-electron chi connectivity index (χ3n) is 6.97. The zero-order valence-corrected chi connectivity index (χ0v) is 22.7. The van der Waals surface area contributed by atoms with Gasteiger partial charge in [-0.05, 0) is 24.3 Å². The number of piperazine rings is 1. The van der Waals surface area contributed by atoms with E-state index in [4.69, 9.17) is 14.7 Å². The molecule has 1 aromatic carbocycles. The molecule has 10 nitrogen and oxygen atoms in total.